The molecule has 3 aromatic carbocycles. The standard InChI is InChI=1S/C22H20FNO/c1-17(20-10-6-11-21(23)14-20)24-15-19-9-5-12-22(13-19)25-16-18-7-3-2-4-8-18/h2-15,17H,16H2,1H3. The van der Waals surface area contributed by atoms with Crippen LogP contribution < -0.4 is 4.74 Å². The first-order chi connectivity index (χ1) is 12.2. The number of ether oxygens (including phenoxy) is 1. The predicted octanol–water partition coefficient (Wildman–Crippen LogP) is 5.58. The third-order valence-electron chi connectivity index (χ3n) is 3.88. The summed E-state index contributed by atoms with van der Waals surface area (Å²) in [6, 6.07) is 24.3. The minimum atomic E-state index is -0.240. The molecule has 0 heterocycles. The fourth-order valence-corrected chi connectivity index (χ4v) is 2.48. The van der Waals surface area contributed by atoms with E-state index in [2.05, 4.69) is 4.99 Å². The summed E-state index contributed by atoms with van der Waals surface area (Å²) >= 11 is 0. The van der Waals surface area contributed by atoms with Gasteiger partial charge >= 0.3 is 0 Å². The second kappa shape index (κ2) is 8.25. The summed E-state index contributed by atoms with van der Waals surface area (Å²) in [6.45, 7) is 2.47. The minimum absolute atomic E-state index is 0.107. The SMILES string of the molecule is CC(N=Cc1cccc(OCc2ccccc2)c1)c1cccc(F)c1. The highest BCUT2D eigenvalue weighted by atomic mass is 19.1. The van der Waals surface area contributed by atoms with Crippen molar-refractivity contribution in [2.75, 3.05) is 0 Å². The molecule has 0 fully saturated rings. The fourth-order valence-electron chi connectivity index (χ4n) is 2.48. The van der Waals surface area contributed by atoms with Gasteiger partial charge < -0.3 is 4.74 Å². The Morgan fingerprint density at radius 1 is 0.960 bits per heavy atom. The van der Waals surface area contributed by atoms with E-state index < -0.39 is 0 Å². The quantitative estimate of drug-likeness (QED) is 0.539. The highest BCUT2D eigenvalue weighted by Crippen LogP contribution is 2.19. The van der Waals surface area contributed by atoms with Crippen molar-refractivity contribution in [2.24, 2.45) is 4.99 Å². The van der Waals surface area contributed by atoms with Crippen molar-refractivity contribution in [3.8, 4) is 5.75 Å². The van der Waals surface area contributed by atoms with E-state index in [-0.39, 0.29) is 11.9 Å². The molecule has 0 amide bonds. The van der Waals surface area contributed by atoms with Crippen LogP contribution in [0.25, 0.3) is 0 Å². The van der Waals surface area contributed by atoms with E-state index in [0.717, 1.165) is 22.4 Å². The Morgan fingerprint density at radius 3 is 2.56 bits per heavy atom. The molecule has 3 heteroatoms. The maximum Gasteiger partial charge on any atom is 0.123 e. The van der Waals surface area contributed by atoms with Crippen molar-refractivity contribution in [3.63, 3.8) is 0 Å². The topological polar surface area (TPSA) is 21.6 Å². The van der Waals surface area contributed by atoms with Crippen LogP contribution >= 0.6 is 0 Å². The first-order valence-electron chi connectivity index (χ1n) is 8.26. The Bertz CT molecular complexity index is 845. The average molecular weight is 333 g/mol. The summed E-state index contributed by atoms with van der Waals surface area (Å²) in [5.41, 5.74) is 2.93. The van der Waals surface area contributed by atoms with Crippen molar-refractivity contribution in [1.82, 2.24) is 0 Å². The first-order valence-corrected chi connectivity index (χ1v) is 8.26. The van der Waals surface area contributed by atoms with E-state index in [1.54, 1.807) is 12.3 Å². The lowest BCUT2D eigenvalue weighted by Crippen LogP contribution is -1.96. The molecule has 0 saturated heterocycles. The summed E-state index contributed by atoms with van der Waals surface area (Å²) in [5.74, 6) is 0.557. The van der Waals surface area contributed by atoms with Gasteiger partial charge in [0.15, 0.2) is 0 Å². The van der Waals surface area contributed by atoms with Gasteiger partial charge in [-0.15, -0.1) is 0 Å². The van der Waals surface area contributed by atoms with Crippen LogP contribution in [-0.2, 0) is 6.61 Å². The van der Waals surface area contributed by atoms with Crippen LogP contribution in [0.3, 0.4) is 0 Å². The van der Waals surface area contributed by atoms with Gasteiger partial charge in [-0.05, 0) is 47.9 Å². The van der Waals surface area contributed by atoms with Gasteiger partial charge in [0.25, 0.3) is 0 Å². The van der Waals surface area contributed by atoms with E-state index in [4.69, 9.17) is 4.74 Å². The molecule has 0 aliphatic carbocycles. The molecule has 126 valence electrons. The van der Waals surface area contributed by atoms with Crippen LogP contribution in [-0.4, -0.2) is 6.21 Å². The molecule has 0 radical (unpaired) electrons. The Balaban J connectivity index is 1.65. The zero-order chi connectivity index (χ0) is 17.5. The van der Waals surface area contributed by atoms with E-state index in [0.29, 0.717) is 6.61 Å². The Morgan fingerprint density at radius 2 is 1.76 bits per heavy atom. The lowest BCUT2D eigenvalue weighted by atomic mass is 10.1. The lowest BCUT2D eigenvalue weighted by molar-refractivity contribution is 0.306. The third-order valence-corrected chi connectivity index (χ3v) is 3.88. The fraction of sp³-hybridized carbons (Fsp3) is 0.136. The van der Waals surface area contributed by atoms with E-state index in [1.807, 2.05) is 67.6 Å². The number of benzene rings is 3. The lowest BCUT2D eigenvalue weighted by Gasteiger charge is -2.08. The molecule has 0 spiro atoms. The molecule has 25 heavy (non-hydrogen) atoms. The summed E-state index contributed by atoms with van der Waals surface area (Å²) in [6.07, 6.45) is 1.80. The molecular weight excluding hydrogens is 313 g/mol. The van der Waals surface area contributed by atoms with Gasteiger partial charge in [0.05, 0.1) is 6.04 Å². The summed E-state index contributed by atoms with van der Waals surface area (Å²) in [5, 5.41) is 0. The second-order valence-corrected chi connectivity index (χ2v) is 5.86. The first kappa shape index (κ1) is 16.9. The molecule has 2 nitrogen and oxygen atoms in total. The zero-order valence-corrected chi connectivity index (χ0v) is 14.1. The van der Waals surface area contributed by atoms with Gasteiger partial charge in [-0.3, -0.25) is 4.99 Å². The average Bonchev–Trinajstić information content (AvgIpc) is 2.66. The Labute approximate surface area is 147 Å². The van der Waals surface area contributed by atoms with Gasteiger partial charge in [-0.1, -0.05) is 54.6 Å². The van der Waals surface area contributed by atoms with Crippen molar-refractivity contribution < 1.29 is 9.13 Å². The van der Waals surface area contributed by atoms with E-state index in [1.165, 1.54) is 12.1 Å². The zero-order valence-electron chi connectivity index (χ0n) is 14.1. The third kappa shape index (κ3) is 5.01. The number of rotatable bonds is 6. The number of nitrogens with zero attached hydrogens (tertiary/aromatic N) is 1. The molecule has 3 aromatic rings. The van der Waals surface area contributed by atoms with Crippen LogP contribution in [0.5, 0.6) is 5.75 Å². The normalized spacial score (nSPS) is 12.2. The number of hydrogen-bond acceptors (Lipinski definition) is 2. The maximum atomic E-state index is 13.3. The van der Waals surface area contributed by atoms with Gasteiger partial charge in [0.1, 0.15) is 18.2 Å². The molecule has 0 aromatic heterocycles. The Kier molecular flexibility index (Phi) is 5.57. The number of halogens is 1. The van der Waals surface area contributed by atoms with Gasteiger partial charge in [-0.2, -0.15) is 0 Å². The molecular formula is C22H20FNO. The number of hydrogen-bond donors (Lipinski definition) is 0. The van der Waals surface area contributed by atoms with Gasteiger partial charge in [0.2, 0.25) is 0 Å². The maximum absolute atomic E-state index is 13.3. The summed E-state index contributed by atoms with van der Waals surface area (Å²) in [7, 11) is 0. The van der Waals surface area contributed by atoms with Crippen molar-refractivity contribution in [1.29, 1.82) is 0 Å². The second-order valence-electron chi connectivity index (χ2n) is 5.86. The molecule has 0 aliphatic heterocycles. The van der Waals surface area contributed by atoms with Crippen molar-refractivity contribution in [2.45, 2.75) is 19.6 Å². The summed E-state index contributed by atoms with van der Waals surface area (Å²) < 4.78 is 19.1. The van der Waals surface area contributed by atoms with Crippen LogP contribution in [0.4, 0.5) is 4.39 Å². The van der Waals surface area contributed by atoms with E-state index >= 15 is 0 Å². The van der Waals surface area contributed by atoms with Crippen LogP contribution in [0.15, 0.2) is 83.9 Å². The van der Waals surface area contributed by atoms with Crippen LogP contribution in [0.2, 0.25) is 0 Å². The largest absolute Gasteiger partial charge is 0.489 e. The molecule has 0 aliphatic rings. The minimum Gasteiger partial charge on any atom is -0.489 e. The monoisotopic (exact) mass is 333 g/mol. The van der Waals surface area contributed by atoms with Crippen molar-refractivity contribution in [3.05, 3.63) is 101 Å². The molecule has 1 atom stereocenters. The van der Waals surface area contributed by atoms with E-state index in [9.17, 15) is 4.39 Å². The summed E-state index contributed by atoms with van der Waals surface area (Å²) in [4.78, 5) is 4.52. The molecule has 0 bridgehead atoms. The Hall–Kier alpha value is -2.94. The van der Waals surface area contributed by atoms with Crippen LogP contribution in [0, 0.1) is 5.82 Å². The van der Waals surface area contributed by atoms with Gasteiger partial charge in [0, 0.05) is 6.21 Å². The number of aliphatic imine (C=N–C) groups is 1. The van der Waals surface area contributed by atoms with Crippen LogP contribution in [0.1, 0.15) is 29.7 Å². The molecule has 0 saturated carbocycles. The predicted molar refractivity (Wildman–Crippen MR) is 99.6 cm³/mol. The smallest absolute Gasteiger partial charge is 0.123 e. The molecule has 3 rings (SSSR count). The molecule has 0 N–H and O–H groups in total. The van der Waals surface area contributed by atoms with Crippen molar-refractivity contribution >= 4 is 6.21 Å². The van der Waals surface area contributed by atoms with Gasteiger partial charge in [-0.25, -0.2) is 4.39 Å². The highest BCUT2D eigenvalue weighted by molar-refractivity contribution is 5.80. The molecule has 1 unspecified atom stereocenters. The highest BCUT2D eigenvalue weighted by Gasteiger charge is 2.03.